The highest BCUT2D eigenvalue weighted by Gasteiger charge is 1.98. The van der Waals surface area contributed by atoms with Gasteiger partial charge in [-0.25, -0.2) is 4.98 Å². The Morgan fingerprint density at radius 1 is 1.73 bits per heavy atom. The molecule has 0 atom stereocenters. The molecule has 1 aromatic rings. The van der Waals surface area contributed by atoms with Crippen molar-refractivity contribution in [1.29, 1.82) is 0 Å². The number of nitrogens with zero attached hydrogens (tertiary/aromatic N) is 1. The van der Waals surface area contributed by atoms with Crippen molar-refractivity contribution in [3.8, 4) is 0 Å². The standard InChI is InChI=1S/C7H12N2OS/c1-3-10-9-4-7-6(2)8-5-11-7/h5,9H,3-4H2,1-2H3. The van der Waals surface area contributed by atoms with Gasteiger partial charge in [-0.2, -0.15) is 5.48 Å². The summed E-state index contributed by atoms with van der Waals surface area (Å²) in [5.41, 5.74) is 5.78. The highest BCUT2D eigenvalue weighted by molar-refractivity contribution is 7.09. The summed E-state index contributed by atoms with van der Waals surface area (Å²) >= 11 is 1.65. The summed E-state index contributed by atoms with van der Waals surface area (Å²) in [5.74, 6) is 0. The molecule has 3 nitrogen and oxygen atoms in total. The molecule has 0 saturated carbocycles. The molecule has 0 aliphatic heterocycles. The molecule has 4 heteroatoms. The number of rotatable bonds is 4. The summed E-state index contributed by atoms with van der Waals surface area (Å²) in [7, 11) is 0. The van der Waals surface area contributed by atoms with Gasteiger partial charge in [-0.05, 0) is 13.8 Å². The third-order valence-electron chi connectivity index (χ3n) is 1.32. The highest BCUT2D eigenvalue weighted by Crippen LogP contribution is 2.10. The third-order valence-corrected chi connectivity index (χ3v) is 2.26. The molecule has 0 amide bonds. The molecule has 11 heavy (non-hydrogen) atoms. The van der Waals surface area contributed by atoms with Crippen molar-refractivity contribution in [1.82, 2.24) is 10.5 Å². The van der Waals surface area contributed by atoms with Crippen LogP contribution in [0.2, 0.25) is 0 Å². The molecule has 0 aliphatic rings. The zero-order valence-electron chi connectivity index (χ0n) is 6.76. The Kier molecular flexibility index (Phi) is 3.48. The van der Waals surface area contributed by atoms with Crippen molar-refractivity contribution in [3.05, 3.63) is 16.1 Å². The van der Waals surface area contributed by atoms with Gasteiger partial charge in [-0.15, -0.1) is 11.3 Å². The molecule has 0 spiro atoms. The molecule has 0 bridgehead atoms. The Morgan fingerprint density at radius 3 is 3.09 bits per heavy atom. The van der Waals surface area contributed by atoms with Crippen molar-refractivity contribution in [2.24, 2.45) is 0 Å². The van der Waals surface area contributed by atoms with E-state index < -0.39 is 0 Å². The summed E-state index contributed by atoms with van der Waals surface area (Å²) in [4.78, 5) is 10.3. The van der Waals surface area contributed by atoms with Gasteiger partial charge in [0.25, 0.3) is 0 Å². The Hall–Kier alpha value is -0.450. The first-order valence-electron chi connectivity index (χ1n) is 3.58. The second-order valence-electron chi connectivity index (χ2n) is 2.12. The zero-order chi connectivity index (χ0) is 8.10. The predicted molar refractivity (Wildman–Crippen MR) is 45.3 cm³/mol. The molecule has 0 fully saturated rings. The molecule has 0 aliphatic carbocycles. The van der Waals surface area contributed by atoms with E-state index in [9.17, 15) is 0 Å². The van der Waals surface area contributed by atoms with Crippen LogP contribution in [0.25, 0.3) is 0 Å². The SMILES string of the molecule is CCONCc1scnc1C. The summed E-state index contributed by atoms with van der Waals surface area (Å²) < 4.78 is 0. The average Bonchev–Trinajstić information content (AvgIpc) is 2.37. The summed E-state index contributed by atoms with van der Waals surface area (Å²) in [6.45, 7) is 5.40. The van der Waals surface area contributed by atoms with Gasteiger partial charge in [-0.3, -0.25) is 0 Å². The summed E-state index contributed by atoms with van der Waals surface area (Å²) in [6.07, 6.45) is 0. The first-order valence-corrected chi connectivity index (χ1v) is 4.46. The van der Waals surface area contributed by atoms with Crippen LogP contribution in [-0.4, -0.2) is 11.6 Å². The number of aryl methyl sites for hydroxylation is 1. The quantitative estimate of drug-likeness (QED) is 0.552. The second-order valence-corrected chi connectivity index (χ2v) is 3.05. The lowest BCUT2D eigenvalue weighted by Crippen LogP contribution is -2.13. The summed E-state index contributed by atoms with van der Waals surface area (Å²) in [6, 6.07) is 0. The fourth-order valence-corrected chi connectivity index (χ4v) is 1.42. The fourth-order valence-electron chi connectivity index (χ4n) is 0.715. The number of hydrogen-bond acceptors (Lipinski definition) is 4. The highest BCUT2D eigenvalue weighted by atomic mass is 32.1. The average molecular weight is 172 g/mol. The van der Waals surface area contributed by atoms with E-state index in [4.69, 9.17) is 4.84 Å². The predicted octanol–water partition coefficient (Wildman–Crippen LogP) is 1.49. The van der Waals surface area contributed by atoms with Crippen LogP contribution in [0.3, 0.4) is 0 Å². The number of hydroxylamine groups is 1. The van der Waals surface area contributed by atoms with Crippen molar-refractivity contribution < 1.29 is 4.84 Å². The van der Waals surface area contributed by atoms with Crippen molar-refractivity contribution in [3.63, 3.8) is 0 Å². The Bertz CT molecular complexity index is 212. The molecular formula is C7H12N2OS. The van der Waals surface area contributed by atoms with Crippen molar-refractivity contribution in [2.45, 2.75) is 20.4 Å². The Balaban J connectivity index is 2.32. The van der Waals surface area contributed by atoms with Gasteiger partial charge in [0, 0.05) is 4.88 Å². The number of aromatic nitrogens is 1. The Labute approximate surface area is 70.4 Å². The molecule has 0 aromatic carbocycles. The minimum Gasteiger partial charge on any atom is -0.302 e. The summed E-state index contributed by atoms with van der Waals surface area (Å²) in [5, 5.41) is 0. The molecule has 1 N–H and O–H groups in total. The van der Waals surface area contributed by atoms with Crippen LogP contribution in [0.15, 0.2) is 5.51 Å². The van der Waals surface area contributed by atoms with Gasteiger partial charge >= 0.3 is 0 Å². The topological polar surface area (TPSA) is 34.1 Å². The molecular weight excluding hydrogens is 160 g/mol. The first-order chi connectivity index (χ1) is 5.34. The van der Waals surface area contributed by atoms with Gasteiger partial charge in [-0.1, -0.05) is 0 Å². The number of nitrogens with one attached hydrogen (secondary N) is 1. The molecule has 1 heterocycles. The maximum absolute atomic E-state index is 4.99. The van der Waals surface area contributed by atoms with Gasteiger partial charge < -0.3 is 4.84 Å². The normalized spacial score (nSPS) is 10.4. The van der Waals surface area contributed by atoms with E-state index in [0.29, 0.717) is 6.61 Å². The van der Waals surface area contributed by atoms with E-state index in [2.05, 4.69) is 10.5 Å². The van der Waals surface area contributed by atoms with E-state index in [1.165, 1.54) is 4.88 Å². The minimum atomic E-state index is 0.692. The van der Waals surface area contributed by atoms with Crippen LogP contribution in [0, 0.1) is 6.92 Å². The first kappa shape index (κ1) is 8.64. The monoisotopic (exact) mass is 172 g/mol. The van der Waals surface area contributed by atoms with E-state index >= 15 is 0 Å². The van der Waals surface area contributed by atoms with Gasteiger partial charge in [0.05, 0.1) is 24.4 Å². The van der Waals surface area contributed by atoms with Crippen LogP contribution in [0.5, 0.6) is 0 Å². The smallest absolute Gasteiger partial charge is 0.0798 e. The lowest BCUT2D eigenvalue weighted by atomic mass is 10.4. The molecule has 0 saturated heterocycles. The van der Waals surface area contributed by atoms with Crippen molar-refractivity contribution in [2.75, 3.05) is 6.61 Å². The Morgan fingerprint density at radius 2 is 2.55 bits per heavy atom. The van der Waals surface area contributed by atoms with Crippen molar-refractivity contribution >= 4 is 11.3 Å². The largest absolute Gasteiger partial charge is 0.302 e. The maximum atomic E-state index is 4.99. The number of thiazole rings is 1. The lowest BCUT2D eigenvalue weighted by Gasteiger charge is -2.00. The molecule has 0 radical (unpaired) electrons. The lowest BCUT2D eigenvalue weighted by molar-refractivity contribution is 0.0468. The maximum Gasteiger partial charge on any atom is 0.0798 e. The molecule has 1 aromatic heterocycles. The number of hydrogen-bond donors (Lipinski definition) is 1. The van der Waals surface area contributed by atoms with Crippen LogP contribution in [0.4, 0.5) is 0 Å². The van der Waals surface area contributed by atoms with Crippen LogP contribution < -0.4 is 5.48 Å². The van der Waals surface area contributed by atoms with E-state index in [1.54, 1.807) is 11.3 Å². The van der Waals surface area contributed by atoms with E-state index in [-0.39, 0.29) is 0 Å². The van der Waals surface area contributed by atoms with Gasteiger partial charge in [0.15, 0.2) is 0 Å². The van der Waals surface area contributed by atoms with Crippen LogP contribution >= 0.6 is 11.3 Å². The van der Waals surface area contributed by atoms with Crippen LogP contribution in [0.1, 0.15) is 17.5 Å². The molecule has 1 rings (SSSR count). The van der Waals surface area contributed by atoms with E-state index in [0.717, 1.165) is 12.2 Å². The van der Waals surface area contributed by atoms with Gasteiger partial charge in [0.2, 0.25) is 0 Å². The van der Waals surface area contributed by atoms with Gasteiger partial charge in [0.1, 0.15) is 0 Å². The minimum absolute atomic E-state index is 0.692. The zero-order valence-corrected chi connectivity index (χ0v) is 7.57. The van der Waals surface area contributed by atoms with Crippen LogP contribution in [-0.2, 0) is 11.4 Å². The van der Waals surface area contributed by atoms with E-state index in [1.807, 2.05) is 19.4 Å². The third kappa shape index (κ3) is 2.57. The fraction of sp³-hybridized carbons (Fsp3) is 0.571. The molecule has 0 unspecified atom stereocenters. The molecule has 62 valence electrons. The second kappa shape index (κ2) is 4.43.